The second kappa shape index (κ2) is 4.59. The summed E-state index contributed by atoms with van der Waals surface area (Å²) in [6.07, 6.45) is 0. The maximum Gasteiger partial charge on any atom is 0.158 e. The molecule has 1 aromatic carbocycles. The number of hydrogen-bond acceptors (Lipinski definition) is 3. The van der Waals surface area contributed by atoms with Crippen LogP contribution in [0.2, 0.25) is 5.02 Å². The summed E-state index contributed by atoms with van der Waals surface area (Å²) in [5.41, 5.74) is 0.931. The lowest BCUT2D eigenvalue weighted by Crippen LogP contribution is -2.49. The number of rotatable bonds is 1. The molecule has 94 valence electrons. The zero-order chi connectivity index (χ0) is 12.6. The van der Waals surface area contributed by atoms with Gasteiger partial charge in [0.25, 0.3) is 0 Å². The molecule has 1 aromatic rings. The van der Waals surface area contributed by atoms with Crippen molar-refractivity contribution in [3.05, 3.63) is 34.9 Å². The van der Waals surface area contributed by atoms with E-state index in [0.29, 0.717) is 11.6 Å². The molecule has 1 fully saturated rings. The Bertz CT molecular complexity index is 515. The van der Waals surface area contributed by atoms with Crippen LogP contribution in [0.15, 0.2) is 24.3 Å². The van der Waals surface area contributed by atoms with E-state index < -0.39 is 15.1 Å². The van der Waals surface area contributed by atoms with Crippen molar-refractivity contribution < 1.29 is 8.42 Å². The number of nitrogens with one attached hydrogen (secondary N) is 1. The molecule has 1 saturated heterocycles. The van der Waals surface area contributed by atoms with Crippen molar-refractivity contribution in [3.8, 4) is 0 Å². The molecule has 0 aliphatic carbocycles. The molecule has 5 heteroatoms. The van der Waals surface area contributed by atoms with Crippen LogP contribution >= 0.6 is 11.6 Å². The maximum absolute atomic E-state index is 12.1. The van der Waals surface area contributed by atoms with Gasteiger partial charge in [-0.25, -0.2) is 8.42 Å². The Labute approximate surface area is 107 Å². The molecular formula is C12H16ClNO2S. The van der Waals surface area contributed by atoms with Crippen LogP contribution in [0.4, 0.5) is 0 Å². The van der Waals surface area contributed by atoms with E-state index in [1.807, 2.05) is 18.2 Å². The van der Waals surface area contributed by atoms with Gasteiger partial charge in [0, 0.05) is 17.6 Å². The van der Waals surface area contributed by atoms with Gasteiger partial charge in [0.2, 0.25) is 0 Å². The van der Waals surface area contributed by atoms with Crippen molar-refractivity contribution in [2.45, 2.75) is 30.4 Å². The van der Waals surface area contributed by atoms with Crippen LogP contribution in [0.5, 0.6) is 0 Å². The predicted molar refractivity (Wildman–Crippen MR) is 70.0 cm³/mol. The summed E-state index contributed by atoms with van der Waals surface area (Å²) in [6, 6.07) is 7.19. The SMILES string of the molecule is CC1CNC(c2cccc(Cl)c2)C(C)S1(=O)=O. The summed E-state index contributed by atoms with van der Waals surface area (Å²) in [7, 11) is -3.06. The van der Waals surface area contributed by atoms with Crippen LogP contribution in [0, 0.1) is 0 Å². The predicted octanol–water partition coefficient (Wildman–Crippen LogP) is 2.18. The molecule has 3 unspecified atom stereocenters. The fourth-order valence-electron chi connectivity index (χ4n) is 2.22. The average Bonchev–Trinajstić information content (AvgIpc) is 2.27. The van der Waals surface area contributed by atoms with E-state index in [9.17, 15) is 8.42 Å². The minimum atomic E-state index is -3.06. The van der Waals surface area contributed by atoms with E-state index in [2.05, 4.69) is 5.32 Å². The molecule has 1 N–H and O–H groups in total. The molecule has 1 aliphatic heterocycles. The smallest absolute Gasteiger partial charge is 0.158 e. The largest absolute Gasteiger partial charge is 0.308 e. The molecular weight excluding hydrogens is 258 g/mol. The Morgan fingerprint density at radius 2 is 2.06 bits per heavy atom. The van der Waals surface area contributed by atoms with Crippen molar-refractivity contribution in [1.82, 2.24) is 5.32 Å². The lowest BCUT2D eigenvalue weighted by atomic mass is 10.0. The van der Waals surface area contributed by atoms with Crippen LogP contribution in [-0.2, 0) is 9.84 Å². The topological polar surface area (TPSA) is 46.2 Å². The quantitative estimate of drug-likeness (QED) is 0.853. The first-order chi connectivity index (χ1) is 7.93. The molecule has 0 saturated carbocycles. The Morgan fingerprint density at radius 1 is 1.35 bits per heavy atom. The van der Waals surface area contributed by atoms with Crippen molar-refractivity contribution in [2.24, 2.45) is 0 Å². The summed E-state index contributed by atoms with van der Waals surface area (Å²) in [6.45, 7) is 3.99. The molecule has 1 heterocycles. The van der Waals surface area contributed by atoms with Gasteiger partial charge in [0.05, 0.1) is 10.5 Å². The summed E-state index contributed by atoms with van der Waals surface area (Å²) in [5, 5.41) is 3.16. The molecule has 0 amide bonds. The van der Waals surface area contributed by atoms with Gasteiger partial charge >= 0.3 is 0 Å². The average molecular weight is 274 g/mol. The third kappa shape index (κ3) is 2.34. The molecule has 3 atom stereocenters. The van der Waals surface area contributed by atoms with Gasteiger partial charge in [0.15, 0.2) is 9.84 Å². The summed E-state index contributed by atoms with van der Waals surface area (Å²) in [5.74, 6) is 0. The molecule has 2 rings (SSSR count). The molecule has 0 radical (unpaired) electrons. The fraction of sp³-hybridized carbons (Fsp3) is 0.500. The zero-order valence-electron chi connectivity index (χ0n) is 9.85. The third-order valence-electron chi connectivity index (χ3n) is 3.38. The van der Waals surface area contributed by atoms with Crippen LogP contribution in [0.3, 0.4) is 0 Å². The minimum Gasteiger partial charge on any atom is -0.308 e. The van der Waals surface area contributed by atoms with Crippen molar-refractivity contribution in [3.63, 3.8) is 0 Å². The van der Waals surface area contributed by atoms with E-state index in [4.69, 9.17) is 11.6 Å². The summed E-state index contributed by atoms with van der Waals surface area (Å²) >= 11 is 5.93. The number of halogens is 1. The number of benzene rings is 1. The van der Waals surface area contributed by atoms with Gasteiger partial charge in [0.1, 0.15) is 0 Å². The van der Waals surface area contributed by atoms with Crippen LogP contribution < -0.4 is 5.32 Å². The molecule has 0 spiro atoms. The second-order valence-electron chi connectivity index (χ2n) is 4.55. The first-order valence-corrected chi connectivity index (χ1v) is 7.63. The van der Waals surface area contributed by atoms with E-state index in [0.717, 1.165) is 5.56 Å². The van der Waals surface area contributed by atoms with Crippen LogP contribution in [-0.4, -0.2) is 25.5 Å². The normalized spacial score (nSPS) is 32.3. The van der Waals surface area contributed by atoms with Gasteiger partial charge in [-0.3, -0.25) is 0 Å². The lowest BCUT2D eigenvalue weighted by molar-refractivity contribution is 0.458. The highest BCUT2D eigenvalue weighted by atomic mass is 35.5. The maximum atomic E-state index is 12.1. The molecule has 3 nitrogen and oxygen atoms in total. The van der Waals surface area contributed by atoms with Crippen molar-refractivity contribution >= 4 is 21.4 Å². The van der Waals surface area contributed by atoms with Gasteiger partial charge in [-0.1, -0.05) is 23.7 Å². The standard InChI is InChI=1S/C12H16ClNO2S/c1-8-7-14-12(9(2)17(8,15)16)10-4-3-5-11(13)6-10/h3-6,8-9,12,14H,7H2,1-2H3. The zero-order valence-corrected chi connectivity index (χ0v) is 11.4. The van der Waals surface area contributed by atoms with Gasteiger partial charge in [-0.15, -0.1) is 0 Å². The third-order valence-corrected chi connectivity index (χ3v) is 6.21. The Morgan fingerprint density at radius 3 is 2.71 bits per heavy atom. The highest BCUT2D eigenvalue weighted by molar-refractivity contribution is 7.92. The van der Waals surface area contributed by atoms with E-state index in [-0.39, 0.29) is 11.3 Å². The van der Waals surface area contributed by atoms with Crippen LogP contribution in [0.1, 0.15) is 25.5 Å². The molecule has 0 bridgehead atoms. The van der Waals surface area contributed by atoms with Gasteiger partial charge in [-0.05, 0) is 31.5 Å². The van der Waals surface area contributed by atoms with Crippen molar-refractivity contribution in [2.75, 3.05) is 6.54 Å². The Balaban J connectivity index is 2.35. The first kappa shape index (κ1) is 12.9. The first-order valence-electron chi connectivity index (χ1n) is 5.64. The summed E-state index contributed by atoms with van der Waals surface area (Å²) < 4.78 is 24.2. The monoisotopic (exact) mass is 273 g/mol. The lowest BCUT2D eigenvalue weighted by Gasteiger charge is -2.34. The Kier molecular flexibility index (Phi) is 3.48. The highest BCUT2D eigenvalue weighted by Gasteiger charge is 2.38. The van der Waals surface area contributed by atoms with E-state index >= 15 is 0 Å². The highest BCUT2D eigenvalue weighted by Crippen LogP contribution is 2.29. The minimum absolute atomic E-state index is 0.171. The molecule has 17 heavy (non-hydrogen) atoms. The number of hydrogen-bond donors (Lipinski definition) is 1. The van der Waals surface area contributed by atoms with Crippen LogP contribution in [0.25, 0.3) is 0 Å². The van der Waals surface area contributed by atoms with E-state index in [1.54, 1.807) is 19.9 Å². The number of sulfone groups is 1. The molecule has 1 aliphatic rings. The second-order valence-corrected chi connectivity index (χ2v) is 7.71. The van der Waals surface area contributed by atoms with E-state index in [1.165, 1.54) is 0 Å². The summed E-state index contributed by atoms with van der Waals surface area (Å²) in [4.78, 5) is 0. The van der Waals surface area contributed by atoms with Gasteiger partial charge in [-0.2, -0.15) is 0 Å². The Hall–Kier alpha value is -0.580. The van der Waals surface area contributed by atoms with Gasteiger partial charge < -0.3 is 5.32 Å². The fourth-order valence-corrected chi connectivity index (χ4v) is 4.11. The molecule has 0 aromatic heterocycles. The van der Waals surface area contributed by atoms with Crippen molar-refractivity contribution in [1.29, 1.82) is 0 Å².